The number of fused-ring (bicyclic) bond motifs is 1. The Balaban J connectivity index is 1.47. The van der Waals surface area contributed by atoms with E-state index in [0.29, 0.717) is 17.3 Å². The molecule has 0 spiro atoms. The number of nitrogens with one attached hydrogen (secondary N) is 1. The molecule has 4 rings (SSSR count). The van der Waals surface area contributed by atoms with E-state index in [2.05, 4.69) is 10.3 Å². The lowest BCUT2D eigenvalue weighted by Crippen LogP contribution is -2.56. The van der Waals surface area contributed by atoms with Crippen molar-refractivity contribution in [2.24, 2.45) is 0 Å². The summed E-state index contributed by atoms with van der Waals surface area (Å²) in [5.74, 6) is -2.61. The summed E-state index contributed by atoms with van der Waals surface area (Å²) in [5, 5.41) is 11.8. The van der Waals surface area contributed by atoms with Crippen molar-refractivity contribution in [1.29, 1.82) is 0 Å². The van der Waals surface area contributed by atoms with Crippen LogP contribution in [0, 0.1) is 0 Å². The fourth-order valence-corrected chi connectivity index (χ4v) is 6.20. The predicted octanol–water partition coefficient (Wildman–Crippen LogP) is 0.523. The molecule has 0 bridgehead atoms. The Kier molecular flexibility index (Phi) is 10.8. The van der Waals surface area contributed by atoms with E-state index in [-0.39, 0.29) is 70.2 Å². The molecule has 2 aliphatic rings. The lowest BCUT2D eigenvalue weighted by molar-refractivity contribution is -0.138. The number of para-hydroxylation sites is 1. The third kappa shape index (κ3) is 8.59. The molecule has 1 aromatic carbocycles. The maximum atomic E-state index is 13.4. The molecule has 3 heterocycles. The van der Waals surface area contributed by atoms with Crippen molar-refractivity contribution < 1.29 is 47.0 Å². The van der Waals surface area contributed by atoms with Crippen LogP contribution in [0.4, 0.5) is 4.79 Å². The van der Waals surface area contributed by atoms with Gasteiger partial charge in [-0.2, -0.15) is 0 Å². The summed E-state index contributed by atoms with van der Waals surface area (Å²) < 4.78 is 34.6. The lowest BCUT2D eigenvalue weighted by Gasteiger charge is -2.35. The van der Waals surface area contributed by atoms with Crippen LogP contribution in [-0.4, -0.2) is 133 Å². The van der Waals surface area contributed by atoms with E-state index < -0.39 is 57.5 Å². The summed E-state index contributed by atoms with van der Waals surface area (Å²) in [5.41, 5.74) is 0.268. The van der Waals surface area contributed by atoms with Gasteiger partial charge in [0.25, 0.3) is 11.8 Å². The maximum Gasteiger partial charge on any atom is 0.409 e. The molecule has 2 atom stereocenters. The number of carbonyl (C=O) groups excluding carboxylic acids is 4. The van der Waals surface area contributed by atoms with Gasteiger partial charge in [0, 0.05) is 63.4 Å². The van der Waals surface area contributed by atoms with Crippen LogP contribution in [0.2, 0.25) is 0 Å². The number of aromatic nitrogens is 1. The first kappa shape index (κ1) is 33.4. The van der Waals surface area contributed by atoms with Crippen LogP contribution in [0.15, 0.2) is 30.3 Å². The van der Waals surface area contributed by atoms with E-state index in [4.69, 9.17) is 9.47 Å². The average Bonchev–Trinajstić information content (AvgIpc) is 3.53. The highest BCUT2D eigenvalue weighted by Crippen LogP contribution is 2.26. The smallest absolute Gasteiger partial charge is 0.409 e. The van der Waals surface area contributed by atoms with Crippen LogP contribution in [0.25, 0.3) is 10.9 Å². The van der Waals surface area contributed by atoms with Crippen LogP contribution < -0.4 is 10.1 Å². The van der Waals surface area contributed by atoms with Gasteiger partial charge in [0.2, 0.25) is 5.91 Å². The van der Waals surface area contributed by atoms with Crippen LogP contribution in [0.5, 0.6) is 5.75 Å². The zero-order chi connectivity index (χ0) is 32.7. The van der Waals surface area contributed by atoms with Gasteiger partial charge in [-0.25, -0.2) is 18.2 Å². The molecule has 15 nitrogen and oxygen atoms in total. The van der Waals surface area contributed by atoms with Crippen LogP contribution in [0.1, 0.15) is 36.7 Å². The SMILES string of the molecule is CCOC(=O)N1CCN(C(=O)C(CCC(=O)O)NC(=O)c2cc(OCC(=O)N3CCC(S(C)(=O)=O)C3)c3ccccc3n2)CC1. The highest BCUT2D eigenvalue weighted by molar-refractivity contribution is 7.91. The largest absolute Gasteiger partial charge is 0.483 e. The number of sulfone groups is 1. The fourth-order valence-electron chi connectivity index (χ4n) is 5.22. The van der Waals surface area contributed by atoms with Gasteiger partial charge in [0.1, 0.15) is 17.5 Å². The second-order valence-corrected chi connectivity index (χ2v) is 13.2. The minimum absolute atomic E-state index is 0.0788. The number of hydrogen-bond donors (Lipinski definition) is 2. The van der Waals surface area contributed by atoms with Gasteiger partial charge in [-0.3, -0.25) is 19.2 Å². The third-order valence-electron chi connectivity index (χ3n) is 7.73. The molecule has 2 fully saturated rings. The Morgan fingerprint density at radius 2 is 1.73 bits per heavy atom. The molecule has 1 aromatic heterocycles. The Hall–Kier alpha value is -4.47. The first-order valence-corrected chi connectivity index (χ1v) is 16.5. The molecule has 4 amide bonds. The molecule has 2 aliphatic heterocycles. The van der Waals surface area contributed by atoms with Gasteiger partial charge in [0.15, 0.2) is 16.4 Å². The first-order valence-electron chi connectivity index (χ1n) is 14.6. The number of hydrogen-bond acceptors (Lipinski definition) is 10. The number of likely N-dealkylation sites (tertiary alicyclic amines) is 1. The lowest BCUT2D eigenvalue weighted by atomic mass is 10.1. The number of pyridine rings is 1. The van der Waals surface area contributed by atoms with E-state index in [1.165, 1.54) is 20.8 Å². The van der Waals surface area contributed by atoms with E-state index >= 15 is 0 Å². The molecule has 2 saturated heterocycles. The molecule has 2 unspecified atom stereocenters. The summed E-state index contributed by atoms with van der Waals surface area (Å²) in [6, 6.07) is 6.95. The number of carbonyl (C=O) groups is 5. The molecular formula is C29H37N5O10S. The van der Waals surface area contributed by atoms with E-state index in [1.54, 1.807) is 31.2 Å². The highest BCUT2D eigenvalue weighted by Gasteiger charge is 2.33. The Morgan fingerprint density at radius 3 is 2.38 bits per heavy atom. The van der Waals surface area contributed by atoms with Gasteiger partial charge in [-0.15, -0.1) is 0 Å². The molecule has 2 N–H and O–H groups in total. The maximum absolute atomic E-state index is 13.4. The standard InChI is InChI=1S/C29H37N5O10S/c1-3-43-29(40)33-14-12-32(13-15-33)28(39)22(8-9-26(36)37)31-27(38)23-16-24(20-6-4-5-7-21(20)30-23)44-18-25(35)34-11-10-19(17-34)45(2,41)42/h4-7,16,19,22H,3,8-15,17-18H2,1-2H3,(H,31,38)(H,36,37). The van der Waals surface area contributed by atoms with Gasteiger partial charge in [0.05, 0.1) is 17.4 Å². The fraction of sp³-hybridized carbons (Fsp3) is 0.517. The minimum Gasteiger partial charge on any atom is -0.483 e. The average molecular weight is 648 g/mol. The molecule has 0 saturated carbocycles. The summed E-state index contributed by atoms with van der Waals surface area (Å²) in [4.78, 5) is 71.8. The Labute approximate surface area is 260 Å². The molecular weight excluding hydrogens is 610 g/mol. The van der Waals surface area contributed by atoms with Crippen molar-refractivity contribution in [3.05, 3.63) is 36.0 Å². The van der Waals surface area contributed by atoms with Gasteiger partial charge in [-0.05, 0) is 31.9 Å². The molecule has 2 aromatic rings. The summed E-state index contributed by atoms with van der Waals surface area (Å²) in [6.07, 6.45) is 0.451. The Bertz CT molecular complexity index is 1560. The molecule has 0 aliphatic carbocycles. The van der Waals surface area contributed by atoms with Crippen LogP contribution in [-0.2, 0) is 29.0 Å². The number of nitrogens with zero attached hydrogens (tertiary/aromatic N) is 4. The molecule has 16 heteroatoms. The first-order chi connectivity index (χ1) is 21.4. The monoisotopic (exact) mass is 647 g/mol. The van der Waals surface area contributed by atoms with Crippen LogP contribution in [0.3, 0.4) is 0 Å². The number of rotatable bonds is 11. The number of benzene rings is 1. The van der Waals surface area contributed by atoms with Crippen molar-refractivity contribution in [2.45, 2.75) is 37.5 Å². The second-order valence-electron chi connectivity index (χ2n) is 10.9. The normalized spacial score (nSPS) is 17.6. The quantitative estimate of drug-likeness (QED) is 0.346. The topological polar surface area (TPSA) is 193 Å². The van der Waals surface area contributed by atoms with E-state index in [0.717, 1.165) is 6.26 Å². The second kappa shape index (κ2) is 14.5. The predicted molar refractivity (Wildman–Crippen MR) is 160 cm³/mol. The summed E-state index contributed by atoms with van der Waals surface area (Å²) in [7, 11) is -3.29. The van der Waals surface area contributed by atoms with E-state index in [1.807, 2.05) is 0 Å². The molecule has 244 valence electrons. The number of aliphatic carboxylic acids is 1. The number of piperazine rings is 1. The van der Waals surface area contributed by atoms with Crippen LogP contribution >= 0.6 is 0 Å². The third-order valence-corrected chi connectivity index (χ3v) is 9.33. The van der Waals surface area contributed by atoms with Gasteiger partial charge >= 0.3 is 12.1 Å². The van der Waals surface area contributed by atoms with Crippen molar-refractivity contribution >= 4 is 50.5 Å². The highest BCUT2D eigenvalue weighted by atomic mass is 32.2. The van der Waals surface area contributed by atoms with E-state index in [9.17, 15) is 37.5 Å². The number of amides is 4. The number of ether oxygens (including phenoxy) is 2. The number of carboxylic acids is 1. The molecule has 0 radical (unpaired) electrons. The summed E-state index contributed by atoms with van der Waals surface area (Å²) >= 11 is 0. The molecule has 45 heavy (non-hydrogen) atoms. The zero-order valence-corrected chi connectivity index (χ0v) is 26.0. The number of carboxylic acid groups (broad SMARTS) is 1. The van der Waals surface area contributed by atoms with Crippen molar-refractivity contribution in [1.82, 2.24) is 25.0 Å². The zero-order valence-electron chi connectivity index (χ0n) is 25.1. The Morgan fingerprint density at radius 1 is 1.04 bits per heavy atom. The van der Waals surface area contributed by atoms with Gasteiger partial charge in [-0.1, -0.05) is 12.1 Å². The van der Waals surface area contributed by atoms with Gasteiger partial charge < -0.3 is 34.6 Å². The van der Waals surface area contributed by atoms with Crippen molar-refractivity contribution in [2.75, 3.05) is 58.7 Å². The van der Waals surface area contributed by atoms with Crippen molar-refractivity contribution in [3.8, 4) is 5.75 Å². The van der Waals surface area contributed by atoms with Crippen molar-refractivity contribution in [3.63, 3.8) is 0 Å². The minimum atomic E-state index is -3.29. The summed E-state index contributed by atoms with van der Waals surface area (Å²) in [6.45, 7) is 2.69.